The summed E-state index contributed by atoms with van der Waals surface area (Å²) < 4.78 is 37.3. The van der Waals surface area contributed by atoms with E-state index in [2.05, 4.69) is 26.6 Å². The van der Waals surface area contributed by atoms with E-state index in [4.69, 9.17) is 9.47 Å². The van der Waals surface area contributed by atoms with Gasteiger partial charge in [0.1, 0.15) is 6.54 Å². The van der Waals surface area contributed by atoms with Gasteiger partial charge in [-0.3, -0.25) is 13.9 Å². The lowest BCUT2D eigenvalue weighted by Crippen LogP contribution is -2.38. The average Bonchev–Trinajstić information content (AvgIpc) is 2.88. The number of para-hydroxylation sites is 1. The van der Waals surface area contributed by atoms with E-state index >= 15 is 0 Å². The zero-order valence-corrected chi connectivity index (χ0v) is 24.0. The Bertz CT molecular complexity index is 1430. The molecule has 0 unspecified atom stereocenters. The number of carbonyl (C=O) groups is 2. The first kappa shape index (κ1) is 29.0. The molecule has 0 spiro atoms. The van der Waals surface area contributed by atoms with Crippen LogP contribution in [-0.2, 0) is 21.2 Å². The van der Waals surface area contributed by atoms with Gasteiger partial charge in [-0.2, -0.15) is 0 Å². The van der Waals surface area contributed by atoms with Crippen molar-refractivity contribution in [3.8, 4) is 11.5 Å². The molecule has 0 aromatic heterocycles. The quantitative estimate of drug-likeness (QED) is 0.340. The summed E-state index contributed by atoms with van der Waals surface area (Å²) >= 11 is 3.39. The molecule has 9 nitrogen and oxygen atoms in total. The highest BCUT2D eigenvalue weighted by atomic mass is 79.9. The number of hydrogen-bond acceptors (Lipinski definition) is 6. The summed E-state index contributed by atoms with van der Waals surface area (Å²) in [4.78, 5) is 25.8. The lowest BCUT2D eigenvalue weighted by Gasteiger charge is -2.23. The molecule has 0 saturated carbocycles. The van der Waals surface area contributed by atoms with Crippen molar-refractivity contribution >= 4 is 49.1 Å². The molecule has 11 heteroatoms. The Hall–Kier alpha value is -3.57. The van der Waals surface area contributed by atoms with E-state index in [1.807, 2.05) is 19.1 Å². The largest absolute Gasteiger partial charge is 0.493 e. The number of nitrogens with zero attached hydrogens (tertiary/aromatic N) is 1. The van der Waals surface area contributed by atoms with Crippen LogP contribution in [0, 0.1) is 6.92 Å². The molecular formula is C27H30BrN3O6S. The summed E-state index contributed by atoms with van der Waals surface area (Å²) in [5.74, 6) is 0.270. The van der Waals surface area contributed by atoms with E-state index < -0.39 is 22.5 Å². The Morgan fingerprint density at radius 3 is 2.34 bits per heavy atom. The fourth-order valence-electron chi connectivity index (χ4n) is 3.75. The van der Waals surface area contributed by atoms with Crippen LogP contribution in [0.2, 0.25) is 0 Å². The Morgan fingerprint density at radius 1 is 0.974 bits per heavy atom. The van der Waals surface area contributed by atoms with Gasteiger partial charge < -0.3 is 20.1 Å². The summed E-state index contributed by atoms with van der Waals surface area (Å²) in [5, 5.41) is 5.54. The maximum absolute atomic E-state index is 12.9. The second kappa shape index (κ2) is 12.8. The topological polar surface area (TPSA) is 114 Å². The fraction of sp³-hybridized carbons (Fsp3) is 0.259. The summed E-state index contributed by atoms with van der Waals surface area (Å²) in [5.41, 5.74) is 2.69. The predicted octanol–water partition coefficient (Wildman–Crippen LogP) is 4.15. The number of rotatable bonds is 11. The van der Waals surface area contributed by atoms with Gasteiger partial charge >= 0.3 is 0 Å². The van der Waals surface area contributed by atoms with Gasteiger partial charge in [0.15, 0.2) is 11.5 Å². The molecule has 0 atom stereocenters. The molecule has 2 N–H and O–H groups in total. The first-order valence-electron chi connectivity index (χ1n) is 11.7. The van der Waals surface area contributed by atoms with Crippen LogP contribution in [0.3, 0.4) is 0 Å². The first-order chi connectivity index (χ1) is 18.0. The molecule has 0 heterocycles. The lowest BCUT2D eigenvalue weighted by molar-refractivity contribution is -0.114. The van der Waals surface area contributed by atoms with Crippen LogP contribution in [0.15, 0.2) is 65.1 Å². The van der Waals surface area contributed by atoms with Crippen molar-refractivity contribution in [1.82, 2.24) is 5.32 Å². The average molecular weight is 605 g/mol. The number of halogens is 1. The van der Waals surface area contributed by atoms with Crippen molar-refractivity contribution in [2.45, 2.75) is 13.3 Å². The first-order valence-corrected chi connectivity index (χ1v) is 14.3. The van der Waals surface area contributed by atoms with Crippen molar-refractivity contribution in [3.63, 3.8) is 0 Å². The number of sulfonamides is 1. The molecule has 2 amide bonds. The summed E-state index contributed by atoms with van der Waals surface area (Å²) in [6.45, 7) is 1.73. The Balaban J connectivity index is 1.68. The number of methoxy groups -OCH3 is 2. The Kier molecular flexibility index (Phi) is 9.76. The zero-order valence-electron chi connectivity index (χ0n) is 21.6. The molecule has 0 aliphatic carbocycles. The normalized spacial score (nSPS) is 11.0. The Labute approximate surface area is 231 Å². The van der Waals surface area contributed by atoms with Gasteiger partial charge in [0, 0.05) is 11.0 Å². The second-order valence-corrected chi connectivity index (χ2v) is 11.3. The van der Waals surface area contributed by atoms with Crippen molar-refractivity contribution in [3.05, 3.63) is 81.8 Å². The minimum Gasteiger partial charge on any atom is -0.493 e. The molecule has 0 aliphatic heterocycles. The second-order valence-electron chi connectivity index (χ2n) is 8.49. The van der Waals surface area contributed by atoms with Crippen molar-refractivity contribution in [1.29, 1.82) is 0 Å². The van der Waals surface area contributed by atoms with Crippen LogP contribution >= 0.6 is 15.9 Å². The number of hydrogen-bond donors (Lipinski definition) is 2. The van der Waals surface area contributed by atoms with Gasteiger partial charge in [0.2, 0.25) is 15.9 Å². The molecule has 38 heavy (non-hydrogen) atoms. The number of carbonyl (C=O) groups excluding carboxylic acids is 2. The SMILES string of the molecule is COc1ccc(CCNC(=O)c2ccccc2NC(=O)CN(c2ccc(Br)c(C)c2)S(C)(=O)=O)cc1OC. The van der Waals surface area contributed by atoms with E-state index in [9.17, 15) is 18.0 Å². The van der Waals surface area contributed by atoms with Crippen molar-refractivity contribution < 1.29 is 27.5 Å². The molecule has 3 rings (SSSR count). The highest BCUT2D eigenvalue weighted by Gasteiger charge is 2.22. The number of amides is 2. The smallest absolute Gasteiger partial charge is 0.253 e. The Morgan fingerprint density at radius 2 is 1.68 bits per heavy atom. The van der Waals surface area contributed by atoms with Crippen LogP contribution < -0.4 is 24.4 Å². The number of aryl methyl sites for hydroxylation is 1. The molecule has 0 fully saturated rings. The van der Waals surface area contributed by atoms with E-state index in [1.54, 1.807) is 62.8 Å². The van der Waals surface area contributed by atoms with Gasteiger partial charge in [0.25, 0.3) is 5.91 Å². The molecule has 3 aromatic carbocycles. The van der Waals surface area contributed by atoms with E-state index in [0.717, 1.165) is 26.2 Å². The molecule has 0 saturated heterocycles. The number of ether oxygens (including phenoxy) is 2. The van der Waals surface area contributed by atoms with Crippen LogP contribution in [0.25, 0.3) is 0 Å². The fourth-order valence-corrected chi connectivity index (χ4v) is 4.84. The van der Waals surface area contributed by atoms with Crippen molar-refractivity contribution in [2.75, 3.05) is 43.2 Å². The van der Waals surface area contributed by atoms with Gasteiger partial charge in [-0.05, 0) is 66.9 Å². The monoisotopic (exact) mass is 603 g/mol. The van der Waals surface area contributed by atoms with E-state index in [-0.39, 0.29) is 17.2 Å². The standard InChI is InChI=1S/C27H30BrN3O6S/c1-18-15-20(10-11-22(18)28)31(38(4,34)35)17-26(32)30-23-8-6-5-7-21(23)27(33)29-14-13-19-9-12-24(36-2)25(16-19)37-3/h5-12,15-16H,13-14,17H2,1-4H3,(H,29,33)(H,30,32). The number of benzene rings is 3. The van der Waals surface area contributed by atoms with Gasteiger partial charge in [-0.1, -0.05) is 34.1 Å². The van der Waals surface area contributed by atoms with Gasteiger partial charge in [-0.25, -0.2) is 8.42 Å². The molecule has 0 bridgehead atoms. The number of anilines is 2. The molecule has 0 aliphatic rings. The highest BCUT2D eigenvalue weighted by Crippen LogP contribution is 2.28. The minimum atomic E-state index is -3.75. The van der Waals surface area contributed by atoms with E-state index in [0.29, 0.717) is 30.2 Å². The van der Waals surface area contributed by atoms with Crippen LogP contribution in [-0.4, -0.2) is 53.8 Å². The maximum atomic E-state index is 12.9. The summed E-state index contributed by atoms with van der Waals surface area (Å²) in [6.07, 6.45) is 1.59. The van der Waals surface area contributed by atoms with Crippen LogP contribution in [0.4, 0.5) is 11.4 Å². The summed E-state index contributed by atoms with van der Waals surface area (Å²) in [7, 11) is -0.625. The third-order valence-corrected chi connectivity index (χ3v) is 7.74. The third-order valence-electron chi connectivity index (χ3n) is 5.71. The summed E-state index contributed by atoms with van der Waals surface area (Å²) in [6, 6.07) is 17.1. The minimum absolute atomic E-state index is 0.263. The molecule has 0 radical (unpaired) electrons. The van der Waals surface area contributed by atoms with E-state index in [1.165, 1.54) is 0 Å². The zero-order chi connectivity index (χ0) is 27.9. The molecular weight excluding hydrogens is 574 g/mol. The van der Waals surface area contributed by atoms with Crippen molar-refractivity contribution in [2.24, 2.45) is 0 Å². The predicted molar refractivity (Wildman–Crippen MR) is 152 cm³/mol. The van der Waals surface area contributed by atoms with Crippen LogP contribution in [0.1, 0.15) is 21.5 Å². The molecule has 3 aromatic rings. The maximum Gasteiger partial charge on any atom is 0.253 e. The van der Waals surface area contributed by atoms with Gasteiger partial charge in [0.05, 0.1) is 37.4 Å². The van der Waals surface area contributed by atoms with Crippen LogP contribution in [0.5, 0.6) is 11.5 Å². The highest BCUT2D eigenvalue weighted by molar-refractivity contribution is 9.10. The lowest BCUT2D eigenvalue weighted by atomic mass is 10.1. The third kappa shape index (κ3) is 7.48. The molecule has 202 valence electrons. The number of nitrogens with one attached hydrogen (secondary N) is 2. The van der Waals surface area contributed by atoms with Gasteiger partial charge in [-0.15, -0.1) is 0 Å².